The Morgan fingerprint density at radius 3 is 2.78 bits per heavy atom. The van der Waals surface area contributed by atoms with E-state index in [1.807, 2.05) is 18.2 Å². The summed E-state index contributed by atoms with van der Waals surface area (Å²) in [5, 5.41) is 0.614. The molecule has 5 heteroatoms. The SMILES string of the molecule is COCCN(c1ccc(C(N)=S)c(Cl)c1)C1CC1. The molecule has 1 saturated carbocycles. The summed E-state index contributed by atoms with van der Waals surface area (Å²) >= 11 is 11.2. The third-order valence-electron chi connectivity index (χ3n) is 3.07. The minimum absolute atomic E-state index is 0.335. The van der Waals surface area contributed by atoms with Gasteiger partial charge in [0, 0.05) is 30.9 Å². The lowest BCUT2D eigenvalue weighted by atomic mass is 10.2. The van der Waals surface area contributed by atoms with Gasteiger partial charge in [-0.2, -0.15) is 0 Å². The lowest BCUT2D eigenvalue weighted by Crippen LogP contribution is -2.29. The smallest absolute Gasteiger partial charge is 0.105 e. The van der Waals surface area contributed by atoms with E-state index in [4.69, 9.17) is 34.3 Å². The van der Waals surface area contributed by atoms with E-state index >= 15 is 0 Å². The largest absolute Gasteiger partial charge is 0.389 e. The van der Waals surface area contributed by atoms with Crippen molar-refractivity contribution in [3.63, 3.8) is 0 Å². The highest BCUT2D eigenvalue weighted by atomic mass is 35.5. The molecule has 18 heavy (non-hydrogen) atoms. The van der Waals surface area contributed by atoms with Crippen LogP contribution in [0.25, 0.3) is 0 Å². The molecule has 0 heterocycles. The van der Waals surface area contributed by atoms with E-state index in [0.29, 0.717) is 22.7 Å². The third kappa shape index (κ3) is 3.13. The molecule has 0 saturated heterocycles. The van der Waals surface area contributed by atoms with E-state index in [2.05, 4.69) is 4.90 Å². The molecular weight excluding hydrogens is 268 g/mol. The average Bonchev–Trinajstić information content (AvgIpc) is 3.13. The molecule has 0 radical (unpaired) electrons. The molecule has 1 aromatic rings. The van der Waals surface area contributed by atoms with Crippen LogP contribution >= 0.6 is 23.8 Å². The van der Waals surface area contributed by atoms with Crippen molar-refractivity contribution in [3.8, 4) is 0 Å². The number of hydrogen-bond donors (Lipinski definition) is 1. The van der Waals surface area contributed by atoms with Crippen LogP contribution in [0.1, 0.15) is 18.4 Å². The first-order chi connectivity index (χ1) is 8.63. The van der Waals surface area contributed by atoms with Gasteiger partial charge in [0.05, 0.1) is 11.6 Å². The van der Waals surface area contributed by atoms with Gasteiger partial charge in [0.2, 0.25) is 0 Å². The summed E-state index contributed by atoms with van der Waals surface area (Å²) in [6.07, 6.45) is 2.47. The normalized spacial score (nSPS) is 14.6. The van der Waals surface area contributed by atoms with Crippen LogP contribution in [0.3, 0.4) is 0 Å². The first kappa shape index (κ1) is 13.6. The fraction of sp³-hybridized carbons (Fsp3) is 0.462. The highest BCUT2D eigenvalue weighted by Crippen LogP contribution is 2.33. The fourth-order valence-corrected chi connectivity index (χ4v) is 2.49. The Kier molecular flexibility index (Phi) is 4.43. The van der Waals surface area contributed by atoms with Crippen LogP contribution in [0, 0.1) is 0 Å². The molecule has 98 valence electrons. The maximum Gasteiger partial charge on any atom is 0.105 e. The maximum absolute atomic E-state index is 6.20. The molecule has 1 fully saturated rings. The molecule has 0 spiro atoms. The van der Waals surface area contributed by atoms with E-state index < -0.39 is 0 Å². The Hall–Kier alpha value is -0.840. The summed E-state index contributed by atoms with van der Waals surface area (Å²) in [7, 11) is 1.72. The zero-order chi connectivity index (χ0) is 13.1. The first-order valence-electron chi connectivity index (χ1n) is 5.98. The minimum Gasteiger partial charge on any atom is -0.389 e. The zero-order valence-corrected chi connectivity index (χ0v) is 11.9. The summed E-state index contributed by atoms with van der Waals surface area (Å²) < 4.78 is 5.15. The van der Waals surface area contributed by atoms with Crippen molar-refractivity contribution < 1.29 is 4.74 Å². The molecule has 1 aromatic carbocycles. The van der Waals surface area contributed by atoms with Crippen LogP contribution in [-0.4, -0.2) is 31.3 Å². The monoisotopic (exact) mass is 284 g/mol. The number of rotatable bonds is 6. The lowest BCUT2D eigenvalue weighted by Gasteiger charge is -2.25. The molecule has 2 rings (SSSR count). The number of halogens is 1. The third-order valence-corrected chi connectivity index (χ3v) is 3.61. The molecule has 0 aromatic heterocycles. The van der Waals surface area contributed by atoms with Gasteiger partial charge in [0.25, 0.3) is 0 Å². The number of nitrogens with two attached hydrogens (primary N) is 1. The molecular formula is C13H17ClN2OS. The van der Waals surface area contributed by atoms with E-state index in [9.17, 15) is 0 Å². The van der Waals surface area contributed by atoms with E-state index in [-0.39, 0.29) is 0 Å². The van der Waals surface area contributed by atoms with E-state index in [0.717, 1.165) is 17.8 Å². The number of thiocarbonyl (C=S) groups is 1. The Labute approximate surface area is 118 Å². The Morgan fingerprint density at radius 2 is 2.28 bits per heavy atom. The van der Waals surface area contributed by atoms with Crippen molar-refractivity contribution in [2.45, 2.75) is 18.9 Å². The van der Waals surface area contributed by atoms with Gasteiger partial charge in [-0.05, 0) is 31.0 Å². The summed E-state index contributed by atoms with van der Waals surface area (Å²) in [4.78, 5) is 2.67. The summed E-state index contributed by atoms with van der Waals surface area (Å²) in [6, 6.07) is 6.47. The average molecular weight is 285 g/mol. The summed E-state index contributed by atoms with van der Waals surface area (Å²) in [6.45, 7) is 1.59. The van der Waals surface area contributed by atoms with Crippen LogP contribution in [-0.2, 0) is 4.74 Å². The second-order valence-corrected chi connectivity index (χ2v) is 5.29. The number of nitrogens with zero attached hydrogens (tertiary/aromatic N) is 1. The number of ether oxygens (including phenoxy) is 1. The molecule has 0 bridgehead atoms. The Morgan fingerprint density at radius 1 is 1.56 bits per heavy atom. The second-order valence-electron chi connectivity index (χ2n) is 4.45. The van der Waals surface area contributed by atoms with Crippen molar-refractivity contribution in [1.29, 1.82) is 0 Å². The fourth-order valence-electron chi connectivity index (χ4n) is 1.98. The second kappa shape index (κ2) is 5.87. The van der Waals surface area contributed by atoms with Crippen LogP contribution in [0.5, 0.6) is 0 Å². The number of anilines is 1. The highest BCUT2D eigenvalue weighted by molar-refractivity contribution is 7.80. The number of methoxy groups -OCH3 is 1. The van der Waals surface area contributed by atoms with Gasteiger partial charge in [0.15, 0.2) is 0 Å². The van der Waals surface area contributed by atoms with Gasteiger partial charge in [-0.15, -0.1) is 0 Å². The molecule has 3 nitrogen and oxygen atoms in total. The molecule has 2 N–H and O–H groups in total. The maximum atomic E-state index is 6.20. The van der Waals surface area contributed by atoms with Crippen molar-refractivity contribution in [2.24, 2.45) is 5.73 Å². The van der Waals surface area contributed by atoms with E-state index in [1.54, 1.807) is 7.11 Å². The molecule has 1 aliphatic carbocycles. The van der Waals surface area contributed by atoms with Crippen molar-refractivity contribution in [1.82, 2.24) is 0 Å². The molecule has 0 aliphatic heterocycles. The summed E-state index contributed by atoms with van der Waals surface area (Å²) in [5.41, 5.74) is 7.45. The standard InChI is InChI=1S/C13H17ClN2OS/c1-17-7-6-16(9-2-3-9)10-4-5-11(13(15)18)12(14)8-10/h4-5,8-9H,2-3,6-7H2,1H3,(H2,15,18). The van der Waals surface area contributed by atoms with Crippen molar-refractivity contribution in [3.05, 3.63) is 28.8 Å². The van der Waals surface area contributed by atoms with Crippen molar-refractivity contribution >= 4 is 34.5 Å². The van der Waals surface area contributed by atoms with Gasteiger partial charge < -0.3 is 15.4 Å². The van der Waals surface area contributed by atoms with Gasteiger partial charge in [-0.3, -0.25) is 0 Å². The van der Waals surface area contributed by atoms with Gasteiger partial charge >= 0.3 is 0 Å². The van der Waals surface area contributed by atoms with Crippen LogP contribution in [0.15, 0.2) is 18.2 Å². The quantitative estimate of drug-likeness (QED) is 0.815. The molecule has 0 amide bonds. The number of hydrogen-bond acceptors (Lipinski definition) is 3. The summed E-state index contributed by atoms with van der Waals surface area (Å²) in [5.74, 6) is 0. The van der Waals surface area contributed by atoms with Crippen LogP contribution in [0.4, 0.5) is 5.69 Å². The van der Waals surface area contributed by atoms with Gasteiger partial charge in [-0.1, -0.05) is 23.8 Å². The Balaban J connectivity index is 2.19. The number of benzene rings is 1. The van der Waals surface area contributed by atoms with Crippen LogP contribution < -0.4 is 10.6 Å². The Bertz CT molecular complexity index is 449. The van der Waals surface area contributed by atoms with Gasteiger partial charge in [0.1, 0.15) is 4.99 Å². The zero-order valence-electron chi connectivity index (χ0n) is 10.4. The lowest BCUT2D eigenvalue weighted by molar-refractivity contribution is 0.205. The predicted octanol–water partition coefficient (Wildman–Crippen LogP) is 2.59. The van der Waals surface area contributed by atoms with Crippen molar-refractivity contribution in [2.75, 3.05) is 25.2 Å². The van der Waals surface area contributed by atoms with Crippen LogP contribution in [0.2, 0.25) is 5.02 Å². The first-order valence-corrected chi connectivity index (χ1v) is 6.77. The van der Waals surface area contributed by atoms with Gasteiger partial charge in [-0.25, -0.2) is 0 Å². The minimum atomic E-state index is 0.335. The highest BCUT2D eigenvalue weighted by Gasteiger charge is 2.29. The predicted molar refractivity (Wildman–Crippen MR) is 79.6 cm³/mol. The molecule has 0 atom stereocenters. The topological polar surface area (TPSA) is 38.5 Å². The van der Waals surface area contributed by atoms with E-state index in [1.165, 1.54) is 12.8 Å². The molecule has 1 aliphatic rings. The molecule has 0 unspecified atom stereocenters.